The molecule has 11 rings (SSSR count). The minimum atomic E-state index is 0.910. The molecule has 0 spiro atoms. The first-order chi connectivity index (χ1) is 26.7. The second kappa shape index (κ2) is 12.2. The lowest BCUT2D eigenvalue weighted by atomic mass is 9.94. The maximum atomic E-state index is 6.22. The van der Waals surface area contributed by atoms with Crippen molar-refractivity contribution in [2.75, 3.05) is 4.90 Å². The molecular weight excluding hydrogens is 657 g/mol. The van der Waals surface area contributed by atoms with Gasteiger partial charge in [0.2, 0.25) is 5.69 Å². The minimum Gasteiger partial charge on any atom is -0.456 e. The van der Waals surface area contributed by atoms with Gasteiger partial charge in [0.05, 0.1) is 5.69 Å². The molecule has 0 saturated heterocycles. The van der Waals surface area contributed by atoms with Crippen LogP contribution in [0.25, 0.3) is 81.8 Å². The molecule has 11 aromatic rings. The molecule has 0 radical (unpaired) electrons. The average Bonchev–Trinajstić information content (AvgIpc) is 3.63. The monoisotopic (exact) mass is 689 g/mol. The first-order valence-corrected chi connectivity index (χ1v) is 18.4. The Labute approximate surface area is 312 Å². The minimum absolute atomic E-state index is 0.910. The number of rotatable bonds is 5. The summed E-state index contributed by atoms with van der Waals surface area (Å²) >= 11 is 0. The van der Waals surface area contributed by atoms with Gasteiger partial charge in [-0.2, -0.15) is 4.57 Å². The number of pyridine rings is 1. The van der Waals surface area contributed by atoms with Crippen LogP contribution >= 0.6 is 0 Å². The lowest BCUT2D eigenvalue weighted by molar-refractivity contribution is -0.595. The normalized spacial score (nSPS) is 11.7. The van der Waals surface area contributed by atoms with Crippen LogP contribution in [-0.2, 0) is 0 Å². The lowest BCUT2D eigenvalue weighted by Crippen LogP contribution is -2.29. The number of fused-ring (bicyclic) bond motifs is 10. The molecule has 0 amide bonds. The van der Waals surface area contributed by atoms with Crippen LogP contribution in [0, 0.1) is 0 Å². The number of nitrogens with zero attached hydrogens (tertiary/aromatic N) is 2. The number of hydrogen-bond donors (Lipinski definition) is 0. The Morgan fingerprint density at radius 2 is 0.963 bits per heavy atom. The van der Waals surface area contributed by atoms with Crippen molar-refractivity contribution in [3.63, 3.8) is 0 Å². The molecule has 2 heterocycles. The molecule has 2 aromatic heterocycles. The Balaban J connectivity index is 1.02. The highest BCUT2D eigenvalue weighted by atomic mass is 16.3. The molecule has 3 nitrogen and oxygen atoms in total. The Bertz CT molecular complexity index is 3200. The largest absolute Gasteiger partial charge is 0.456 e. The lowest BCUT2D eigenvalue weighted by Gasteiger charge is -2.25. The van der Waals surface area contributed by atoms with Gasteiger partial charge in [0, 0.05) is 46.4 Å². The van der Waals surface area contributed by atoms with Gasteiger partial charge in [-0.3, -0.25) is 0 Å². The van der Waals surface area contributed by atoms with E-state index in [-0.39, 0.29) is 0 Å². The highest BCUT2D eigenvalue weighted by Gasteiger charge is 2.18. The number of hydrogen-bond acceptors (Lipinski definition) is 2. The molecule has 0 aliphatic carbocycles. The topological polar surface area (TPSA) is 20.3 Å². The van der Waals surface area contributed by atoms with Crippen LogP contribution in [-0.4, -0.2) is 0 Å². The van der Waals surface area contributed by atoms with Gasteiger partial charge < -0.3 is 9.32 Å². The summed E-state index contributed by atoms with van der Waals surface area (Å²) in [5, 5.41) is 12.3. The van der Waals surface area contributed by atoms with E-state index < -0.39 is 0 Å². The maximum Gasteiger partial charge on any atom is 0.210 e. The van der Waals surface area contributed by atoms with Crippen LogP contribution in [0.15, 0.2) is 205 Å². The zero-order valence-electron chi connectivity index (χ0n) is 29.4. The van der Waals surface area contributed by atoms with Gasteiger partial charge in [-0.25, -0.2) is 0 Å². The molecular formula is C51H33N2O+. The third-order valence-electron chi connectivity index (χ3n) is 10.9. The van der Waals surface area contributed by atoms with Crippen LogP contribution in [0.4, 0.5) is 17.1 Å². The number of furan rings is 1. The fraction of sp³-hybridized carbons (Fsp3) is 0. The summed E-state index contributed by atoms with van der Waals surface area (Å²) in [4.78, 5) is 2.34. The van der Waals surface area contributed by atoms with Gasteiger partial charge in [0.1, 0.15) is 11.2 Å². The van der Waals surface area contributed by atoms with Crippen LogP contribution in [0.2, 0.25) is 0 Å². The molecule has 0 aliphatic rings. The van der Waals surface area contributed by atoms with Crippen LogP contribution < -0.4 is 9.47 Å². The number of anilines is 3. The predicted molar refractivity (Wildman–Crippen MR) is 225 cm³/mol. The Kier molecular flexibility index (Phi) is 6.86. The Hall–Kier alpha value is -7.23. The zero-order valence-corrected chi connectivity index (χ0v) is 29.4. The summed E-state index contributed by atoms with van der Waals surface area (Å²) in [5.41, 5.74) is 8.58. The van der Waals surface area contributed by atoms with E-state index in [1.807, 2.05) is 18.2 Å². The van der Waals surface area contributed by atoms with Crippen LogP contribution in [0.1, 0.15) is 0 Å². The van der Waals surface area contributed by atoms with Gasteiger partial charge in [0.15, 0.2) is 12.4 Å². The van der Waals surface area contributed by atoms with Gasteiger partial charge in [-0.05, 0) is 96.7 Å². The van der Waals surface area contributed by atoms with E-state index in [1.54, 1.807) is 0 Å². The smallest absolute Gasteiger partial charge is 0.210 e. The summed E-state index contributed by atoms with van der Waals surface area (Å²) in [6.07, 6.45) is 4.27. The first-order valence-electron chi connectivity index (χ1n) is 18.4. The van der Waals surface area contributed by atoms with Gasteiger partial charge in [-0.15, -0.1) is 0 Å². The molecule has 0 bridgehead atoms. The Morgan fingerprint density at radius 3 is 1.80 bits per heavy atom. The molecule has 0 fully saturated rings. The van der Waals surface area contributed by atoms with E-state index in [1.165, 1.54) is 54.2 Å². The molecule has 0 atom stereocenters. The SMILES string of the molecule is c1ccc(-[n+]2ccc(N(c3ccc(-c4ccc5ccc6c7ccccc7ccc6c5c4)cc3)c3ccc4c(ccc5oc6ccccc6c54)c3)cc2)cc1. The number of para-hydroxylation sites is 2. The molecule has 0 saturated carbocycles. The maximum absolute atomic E-state index is 6.22. The molecule has 0 N–H and O–H groups in total. The van der Waals surface area contributed by atoms with E-state index in [0.29, 0.717) is 0 Å². The van der Waals surface area contributed by atoms with Crippen LogP contribution in [0.3, 0.4) is 0 Å². The second-order valence-electron chi connectivity index (χ2n) is 14.0. The van der Waals surface area contributed by atoms with E-state index in [9.17, 15) is 0 Å². The van der Waals surface area contributed by atoms with Crippen molar-refractivity contribution in [2.24, 2.45) is 0 Å². The third kappa shape index (κ3) is 4.94. The molecule has 0 aliphatic heterocycles. The predicted octanol–water partition coefficient (Wildman–Crippen LogP) is 13.6. The number of aromatic nitrogens is 1. The molecule has 0 unspecified atom stereocenters. The van der Waals surface area contributed by atoms with Crippen molar-refractivity contribution in [2.45, 2.75) is 0 Å². The first kappa shape index (κ1) is 30.4. The van der Waals surface area contributed by atoms with Gasteiger partial charge in [0.25, 0.3) is 0 Å². The highest BCUT2D eigenvalue weighted by Crippen LogP contribution is 2.41. The number of benzene rings is 9. The Morgan fingerprint density at radius 1 is 0.352 bits per heavy atom. The van der Waals surface area contributed by atoms with Gasteiger partial charge in [-0.1, -0.05) is 121 Å². The van der Waals surface area contributed by atoms with Crippen molar-refractivity contribution in [3.05, 3.63) is 200 Å². The second-order valence-corrected chi connectivity index (χ2v) is 14.0. The van der Waals surface area contributed by atoms with E-state index in [2.05, 4.69) is 192 Å². The van der Waals surface area contributed by atoms with Crippen molar-refractivity contribution < 1.29 is 8.98 Å². The van der Waals surface area contributed by atoms with Crippen molar-refractivity contribution in [3.8, 4) is 16.8 Å². The quantitative estimate of drug-likeness (QED) is 0.132. The van der Waals surface area contributed by atoms with Crippen molar-refractivity contribution in [1.29, 1.82) is 0 Å². The van der Waals surface area contributed by atoms with Crippen molar-refractivity contribution >= 4 is 82.1 Å². The standard InChI is InChI=1S/C51H33N2O/c1-2-9-39(10-3-1)52-30-28-41(29-31-52)53(42-23-26-44-38(32-42)20-27-50-51(44)47-12-6-7-13-49(47)54-50)40-21-16-34(17-22-40)37-15-14-36-19-24-45-43-11-5-4-8-35(43)18-25-46(45)48(36)33-37/h1-33H/q+1. The molecule has 9 aromatic carbocycles. The average molecular weight is 690 g/mol. The highest BCUT2D eigenvalue weighted by molar-refractivity contribution is 6.19. The summed E-state index contributed by atoms with van der Waals surface area (Å²) in [6.45, 7) is 0. The van der Waals surface area contributed by atoms with E-state index in [0.717, 1.165) is 44.7 Å². The fourth-order valence-corrected chi connectivity index (χ4v) is 8.27. The third-order valence-corrected chi connectivity index (χ3v) is 10.9. The zero-order chi connectivity index (χ0) is 35.6. The fourth-order valence-electron chi connectivity index (χ4n) is 8.27. The molecule has 3 heteroatoms. The molecule has 252 valence electrons. The summed E-state index contributed by atoms with van der Waals surface area (Å²) < 4.78 is 8.37. The van der Waals surface area contributed by atoms with E-state index in [4.69, 9.17) is 4.42 Å². The van der Waals surface area contributed by atoms with E-state index >= 15 is 0 Å². The van der Waals surface area contributed by atoms with Crippen LogP contribution in [0.5, 0.6) is 0 Å². The summed E-state index contributed by atoms with van der Waals surface area (Å²) in [5.74, 6) is 0. The van der Waals surface area contributed by atoms with Crippen molar-refractivity contribution in [1.82, 2.24) is 0 Å². The summed E-state index contributed by atoms with van der Waals surface area (Å²) in [7, 11) is 0. The summed E-state index contributed by atoms with van der Waals surface area (Å²) in [6, 6.07) is 67.6. The van der Waals surface area contributed by atoms with Gasteiger partial charge >= 0.3 is 0 Å². The molecule has 54 heavy (non-hydrogen) atoms.